The monoisotopic (exact) mass is 427 g/mol. The van der Waals surface area contributed by atoms with E-state index in [-0.39, 0.29) is 18.3 Å². The molecule has 1 unspecified atom stereocenters. The highest BCUT2D eigenvalue weighted by molar-refractivity contribution is 5.93. The van der Waals surface area contributed by atoms with Gasteiger partial charge in [0.15, 0.2) is 11.5 Å². The van der Waals surface area contributed by atoms with Gasteiger partial charge in [-0.2, -0.15) is 0 Å². The van der Waals surface area contributed by atoms with Crippen molar-refractivity contribution in [1.29, 1.82) is 0 Å². The summed E-state index contributed by atoms with van der Waals surface area (Å²) in [6.07, 6.45) is 2.00. The lowest BCUT2D eigenvalue weighted by Gasteiger charge is -2.28. The molecule has 1 aliphatic rings. The molecule has 2 aromatic carbocycles. The van der Waals surface area contributed by atoms with Gasteiger partial charge in [0.25, 0.3) is 5.91 Å². The molecule has 31 heavy (non-hydrogen) atoms. The molecule has 1 N–H and O–H groups in total. The zero-order chi connectivity index (χ0) is 21.8. The van der Waals surface area contributed by atoms with Gasteiger partial charge in [-0.05, 0) is 56.3 Å². The van der Waals surface area contributed by atoms with Crippen molar-refractivity contribution in [3.63, 3.8) is 0 Å². The van der Waals surface area contributed by atoms with E-state index in [9.17, 15) is 13.6 Å². The van der Waals surface area contributed by atoms with Crippen molar-refractivity contribution in [3.8, 4) is 17.1 Å². The van der Waals surface area contributed by atoms with Crippen LogP contribution in [0.4, 0.5) is 8.78 Å². The number of nitrogens with zero attached hydrogens (tertiary/aromatic N) is 2. The standard InChI is InChI=1S/C23H23F2N3O3/c1-30-17-7-4-15(5-8-17)22-13-20(27-31-22)23(29)26-14-21(28-10-2-3-11-28)18-9-6-16(24)12-19(18)25/h4-9,12-13,21H,2-3,10-11,14H2,1H3,(H,26,29). The molecule has 4 rings (SSSR count). The van der Waals surface area contributed by atoms with Crippen molar-refractivity contribution in [3.05, 3.63) is 71.4 Å². The summed E-state index contributed by atoms with van der Waals surface area (Å²) in [5.74, 6) is -0.501. The van der Waals surface area contributed by atoms with Crippen LogP contribution in [0.15, 0.2) is 53.1 Å². The highest BCUT2D eigenvalue weighted by Gasteiger charge is 2.27. The predicted molar refractivity (Wildman–Crippen MR) is 111 cm³/mol. The third-order valence-electron chi connectivity index (χ3n) is 5.48. The fraction of sp³-hybridized carbons (Fsp3) is 0.304. The minimum absolute atomic E-state index is 0.130. The molecular weight excluding hydrogens is 404 g/mol. The maximum Gasteiger partial charge on any atom is 0.273 e. The highest BCUT2D eigenvalue weighted by atomic mass is 19.1. The summed E-state index contributed by atoms with van der Waals surface area (Å²) < 4.78 is 38.2. The number of likely N-dealkylation sites (tertiary alicyclic amines) is 1. The Labute approximate surface area is 178 Å². The van der Waals surface area contributed by atoms with Crippen molar-refractivity contribution < 1.29 is 22.8 Å². The lowest BCUT2D eigenvalue weighted by atomic mass is 10.0. The number of aromatic nitrogens is 1. The lowest BCUT2D eigenvalue weighted by molar-refractivity contribution is 0.0928. The summed E-state index contributed by atoms with van der Waals surface area (Å²) in [5, 5.41) is 6.67. The van der Waals surface area contributed by atoms with Gasteiger partial charge in [0.2, 0.25) is 0 Å². The first-order chi connectivity index (χ1) is 15.0. The second kappa shape index (κ2) is 9.26. The number of carbonyl (C=O) groups is 1. The van der Waals surface area contributed by atoms with Crippen LogP contribution in [-0.2, 0) is 0 Å². The molecule has 0 spiro atoms. The van der Waals surface area contributed by atoms with Crippen molar-refractivity contribution in [2.24, 2.45) is 0 Å². The Bertz CT molecular complexity index is 1050. The molecule has 1 aromatic heterocycles. The number of amides is 1. The van der Waals surface area contributed by atoms with Crippen molar-refractivity contribution in [2.75, 3.05) is 26.7 Å². The average molecular weight is 427 g/mol. The van der Waals surface area contributed by atoms with Crippen LogP contribution in [0.2, 0.25) is 0 Å². The maximum absolute atomic E-state index is 14.4. The Morgan fingerprint density at radius 3 is 2.58 bits per heavy atom. The first-order valence-electron chi connectivity index (χ1n) is 10.1. The van der Waals surface area contributed by atoms with Gasteiger partial charge in [-0.25, -0.2) is 8.78 Å². The van der Waals surface area contributed by atoms with E-state index >= 15 is 0 Å². The molecule has 0 radical (unpaired) electrons. The molecule has 8 heteroatoms. The number of hydrogen-bond donors (Lipinski definition) is 1. The molecule has 0 aliphatic carbocycles. The van der Waals surface area contributed by atoms with Gasteiger partial charge in [0, 0.05) is 29.8 Å². The topological polar surface area (TPSA) is 67.6 Å². The normalized spacial score (nSPS) is 15.1. The van der Waals surface area contributed by atoms with Crippen molar-refractivity contribution in [2.45, 2.75) is 18.9 Å². The van der Waals surface area contributed by atoms with Crippen LogP contribution >= 0.6 is 0 Å². The van der Waals surface area contributed by atoms with Gasteiger partial charge in [-0.1, -0.05) is 11.2 Å². The first kappa shape index (κ1) is 21.0. The summed E-state index contributed by atoms with van der Waals surface area (Å²) >= 11 is 0. The van der Waals surface area contributed by atoms with E-state index in [0.29, 0.717) is 17.1 Å². The van der Waals surface area contributed by atoms with Crippen molar-refractivity contribution in [1.82, 2.24) is 15.4 Å². The second-order valence-corrected chi connectivity index (χ2v) is 7.44. The first-order valence-corrected chi connectivity index (χ1v) is 10.1. The smallest absolute Gasteiger partial charge is 0.273 e. The molecule has 1 amide bonds. The molecule has 3 aromatic rings. The molecule has 1 fully saturated rings. The average Bonchev–Trinajstić information content (AvgIpc) is 3.48. The molecule has 6 nitrogen and oxygen atoms in total. The SMILES string of the molecule is COc1ccc(-c2cc(C(=O)NCC(c3ccc(F)cc3F)N3CCCC3)no2)cc1. The van der Waals surface area contributed by atoms with Crippen LogP contribution in [0, 0.1) is 11.6 Å². The molecule has 1 aliphatic heterocycles. The molecule has 0 bridgehead atoms. The fourth-order valence-corrected chi connectivity index (χ4v) is 3.81. The second-order valence-electron chi connectivity index (χ2n) is 7.44. The maximum atomic E-state index is 14.4. The summed E-state index contributed by atoms with van der Waals surface area (Å²) in [4.78, 5) is 14.8. The Morgan fingerprint density at radius 1 is 1.16 bits per heavy atom. The summed E-state index contributed by atoms with van der Waals surface area (Å²) in [6, 6.07) is 11.9. The van der Waals surface area contributed by atoms with E-state index in [1.54, 1.807) is 25.3 Å². The number of ether oxygens (including phenoxy) is 1. The Hall–Kier alpha value is -3.26. The predicted octanol–water partition coefficient (Wildman–Crippen LogP) is 4.20. The number of halogens is 2. The number of carbonyl (C=O) groups excluding carboxylic acids is 1. The van der Waals surface area contributed by atoms with Crippen LogP contribution < -0.4 is 10.1 Å². The van der Waals surface area contributed by atoms with Gasteiger partial charge in [0.05, 0.1) is 13.2 Å². The van der Waals surface area contributed by atoms with Crippen LogP contribution in [0.3, 0.4) is 0 Å². The van der Waals surface area contributed by atoms with E-state index in [2.05, 4.69) is 15.4 Å². The molecule has 0 saturated carbocycles. The lowest BCUT2D eigenvalue weighted by Crippen LogP contribution is -2.37. The Balaban J connectivity index is 1.47. The quantitative estimate of drug-likeness (QED) is 0.612. The largest absolute Gasteiger partial charge is 0.497 e. The third-order valence-corrected chi connectivity index (χ3v) is 5.48. The van der Waals surface area contributed by atoms with E-state index in [1.165, 1.54) is 12.1 Å². The van der Waals surface area contributed by atoms with Gasteiger partial charge in [-0.3, -0.25) is 9.69 Å². The zero-order valence-electron chi connectivity index (χ0n) is 17.1. The van der Waals surface area contributed by atoms with Crippen LogP contribution in [-0.4, -0.2) is 42.7 Å². The molecule has 162 valence electrons. The minimum atomic E-state index is -0.626. The fourth-order valence-electron chi connectivity index (χ4n) is 3.81. The molecule has 1 saturated heterocycles. The number of hydrogen-bond acceptors (Lipinski definition) is 5. The number of nitrogens with one attached hydrogen (secondary N) is 1. The Kier molecular flexibility index (Phi) is 6.27. The minimum Gasteiger partial charge on any atom is -0.497 e. The number of rotatable bonds is 7. The highest BCUT2D eigenvalue weighted by Crippen LogP contribution is 2.27. The zero-order valence-corrected chi connectivity index (χ0v) is 17.1. The molecule has 1 atom stereocenters. The van der Waals surface area contributed by atoms with Gasteiger partial charge >= 0.3 is 0 Å². The van der Waals surface area contributed by atoms with Gasteiger partial charge in [0.1, 0.15) is 17.4 Å². The van der Waals surface area contributed by atoms with E-state index < -0.39 is 17.5 Å². The molecular formula is C23H23F2N3O3. The van der Waals surface area contributed by atoms with Gasteiger partial charge in [-0.15, -0.1) is 0 Å². The van der Waals surface area contributed by atoms with Crippen LogP contribution in [0.1, 0.15) is 34.9 Å². The van der Waals surface area contributed by atoms with Crippen molar-refractivity contribution >= 4 is 5.91 Å². The summed E-state index contributed by atoms with van der Waals surface area (Å²) in [5.41, 5.74) is 1.25. The number of benzene rings is 2. The molecule has 2 heterocycles. The van der Waals surface area contributed by atoms with Crippen LogP contribution in [0.25, 0.3) is 11.3 Å². The van der Waals surface area contributed by atoms with E-state index in [4.69, 9.17) is 9.26 Å². The van der Waals surface area contributed by atoms with Gasteiger partial charge < -0.3 is 14.6 Å². The van der Waals surface area contributed by atoms with E-state index in [1.807, 2.05) is 12.1 Å². The summed E-state index contributed by atoms with van der Waals surface area (Å²) in [7, 11) is 1.58. The third kappa shape index (κ3) is 4.74. The number of methoxy groups -OCH3 is 1. The van der Waals surface area contributed by atoms with E-state index in [0.717, 1.165) is 37.6 Å². The van der Waals surface area contributed by atoms with Crippen LogP contribution in [0.5, 0.6) is 5.75 Å². The summed E-state index contributed by atoms with van der Waals surface area (Å²) in [6.45, 7) is 1.76. The Morgan fingerprint density at radius 2 is 1.90 bits per heavy atom.